The highest BCUT2D eigenvalue weighted by Crippen LogP contribution is 2.37. The SMILES string of the molecule is CC(=O)N[C@H]1[C@H](O[C@@H]2[C@@H](O)[C@H](O[C@H]3[C@H](O)[C@@H](O)[C@H](OC[C@@H](CO)NC=O)O[C@@H]3CO)O[C@H](CO)[C@@H]2O[C@@H]2O[C@H](CO)[C@H](O)[C@H](O)[C@H]2NC(C)=O)O[C@H](CO)[C@@H](O[C@@H]2O[C@H](CO)[C@H](O)[C@H](O)[C@H]2O)[C@@H]1O. The summed E-state index contributed by atoms with van der Waals surface area (Å²) in [5.41, 5.74) is 0. The molecule has 69 heavy (non-hydrogen) atoms. The minimum Gasteiger partial charge on any atom is -0.394 e. The molecular weight excluding hydrogens is 946 g/mol. The Hall–Kier alpha value is -2.59. The van der Waals surface area contributed by atoms with E-state index in [-0.39, 0.29) is 6.41 Å². The molecule has 5 heterocycles. The normalized spacial score (nSPS) is 45.6. The van der Waals surface area contributed by atoms with Crippen molar-refractivity contribution < 1.29 is 138 Å². The highest BCUT2D eigenvalue weighted by Gasteiger charge is 2.58. The fourth-order valence-corrected chi connectivity index (χ4v) is 8.42. The lowest BCUT2D eigenvalue weighted by molar-refractivity contribution is -0.395. The van der Waals surface area contributed by atoms with Gasteiger partial charge in [0.1, 0.15) is 122 Å². The Morgan fingerprint density at radius 3 is 1.36 bits per heavy atom. The summed E-state index contributed by atoms with van der Waals surface area (Å²) in [6.45, 7) is -3.86. The molecule has 5 aliphatic heterocycles. The predicted molar refractivity (Wildman–Crippen MR) is 214 cm³/mol. The van der Waals surface area contributed by atoms with E-state index in [0.717, 1.165) is 13.8 Å². The Balaban J connectivity index is 1.50. The van der Waals surface area contributed by atoms with E-state index in [1.165, 1.54) is 0 Å². The monoisotopic (exact) mass is 1010 g/mol. The van der Waals surface area contributed by atoms with Gasteiger partial charge in [-0.25, -0.2) is 0 Å². The maximum Gasteiger partial charge on any atom is 0.217 e. The molecule has 0 spiro atoms. The van der Waals surface area contributed by atoms with Gasteiger partial charge >= 0.3 is 0 Å². The van der Waals surface area contributed by atoms with Crippen molar-refractivity contribution in [1.29, 1.82) is 0 Å². The number of ether oxygens (including phenoxy) is 10. The van der Waals surface area contributed by atoms with Crippen molar-refractivity contribution in [2.45, 2.75) is 173 Å². The summed E-state index contributed by atoms with van der Waals surface area (Å²) in [7, 11) is 0. The van der Waals surface area contributed by atoms with Gasteiger partial charge in [0.25, 0.3) is 0 Å². The van der Waals surface area contributed by atoms with Crippen LogP contribution in [0, 0.1) is 0 Å². The average Bonchev–Trinajstić information content (AvgIpc) is 3.32. The van der Waals surface area contributed by atoms with Crippen LogP contribution in [0.15, 0.2) is 0 Å². The average molecular weight is 1010 g/mol. The van der Waals surface area contributed by atoms with Gasteiger partial charge in [-0.1, -0.05) is 0 Å². The molecule has 0 bridgehead atoms. The zero-order chi connectivity index (χ0) is 51.0. The van der Waals surface area contributed by atoms with Crippen LogP contribution in [0.25, 0.3) is 0 Å². The molecule has 5 rings (SSSR count). The summed E-state index contributed by atoms with van der Waals surface area (Å²) in [5.74, 6) is -1.64. The van der Waals surface area contributed by atoms with Crippen LogP contribution < -0.4 is 16.0 Å². The number of carbonyl (C=O) groups is 3. The first-order chi connectivity index (χ1) is 32.8. The molecule has 31 nitrogen and oxygen atoms in total. The zero-order valence-corrected chi connectivity index (χ0v) is 37.1. The van der Waals surface area contributed by atoms with Gasteiger partial charge < -0.3 is 140 Å². The highest BCUT2D eigenvalue weighted by atomic mass is 16.8. The molecule has 5 fully saturated rings. The summed E-state index contributed by atoms with van der Waals surface area (Å²) >= 11 is 0. The van der Waals surface area contributed by atoms with Crippen LogP contribution in [-0.2, 0) is 61.8 Å². The smallest absolute Gasteiger partial charge is 0.217 e. The van der Waals surface area contributed by atoms with Gasteiger partial charge in [0, 0.05) is 13.8 Å². The Morgan fingerprint density at radius 2 is 0.855 bits per heavy atom. The van der Waals surface area contributed by atoms with E-state index in [4.69, 9.17) is 47.4 Å². The van der Waals surface area contributed by atoms with E-state index < -0.39 is 218 Å². The predicted octanol–water partition coefficient (Wildman–Crippen LogP) is -12.5. The fraction of sp³-hybridized carbons (Fsp3) is 0.921. The molecule has 31 heteroatoms. The van der Waals surface area contributed by atoms with E-state index in [1.807, 2.05) is 0 Å². The second-order valence-corrected chi connectivity index (χ2v) is 16.9. The van der Waals surface area contributed by atoms with Crippen molar-refractivity contribution >= 4 is 18.2 Å². The molecule has 0 aromatic rings. The first-order valence-electron chi connectivity index (χ1n) is 21.8. The van der Waals surface area contributed by atoms with Crippen LogP contribution >= 0.6 is 0 Å². The molecule has 5 saturated heterocycles. The standard InChI is InChI=1S/C38H65N3O28/c1-11(49)40-19-23(53)21(51)14(4-43)61-34(19)68-32-18(8-47)65-38(67-31-17(7-46)64-36(28(58)26(31)56)60-9-13(3-42)39-10-48)29(59)33(32)69-35-20(41-12(2)50)24(54)30(16(6-45)63-35)66-37-27(57)25(55)22(52)15(5-44)62-37/h10,13-38,42-47,51-59H,3-9H2,1-2H3,(H,39,48)(H,40,49)(H,41,50)/t13-,14-,15-,16-,17-,18-,19-,20-,21+,22+,23-,24-,25+,26-,27-,28-,29-,30-,31-,32+,33-,34+,35+,36-,37+,38+/m1/s1. The number of hydrogen-bond donors (Lipinski definition) is 18. The molecule has 18 N–H and O–H groups in total. The number of amides is 3. The largest absolute Gasteiger partial charge is 0.394 e. The summed E-state index contributed by atoms with van der Waals surface area (Å²) in [6.07, 6.45) is -42.9. The van der Waals surface area contributed by atoms with Crippen molar-refractivity contribution in [2.24, 2.45) is 0 Å². The minimum absolute atomic E-state index is 0.273. The van der Waals surface area contributed by atoms with E-state index in [0.29, 0.717) is 0 Å². The third-order valence-electron chi connectivity index (χ3n) is 12.1. The molecule has 0 radical (unpaired) electrons. The number of rotatable bonds is 21. The fourth-order valence-electron chi connectivity index (χ4n) is 8.42. The second kappa shape index (κ2) is 25.9. The minimum atomic E-state index is -2.27. The lowest BCUT2D eigenvalue weighted by Crippen LogP contribution is -2.71. The number of aliphatic hydroxyl groups excluding tert-OH is 15. The van der Waals surface area contributed by atoms with Gasteiger partial charge in [-0.15, -0.1) is 0 Å². The van der Waals surface area contributed by atoms with Gasteiger partial charge in [-0.2, -0.15) is 0 Å². The van der Waals surface area contributed by atoms with Crippen molar-refractivity contribution in [1.82, 2.24) is 16.0 Å². The second-order valence-electron chi connectivity index (χ2n) is 16.9. The van der Waals surface area contributed by atoms with E-state index in [9.17, 15) is 91.0 Å². The first kappa shape index (κ1) is 57.3. The molecule has 0 aromatic carbocycles. The van der Waals surface area contributed by atoms with Gasteiger partial charge in [0.15, 0.2) is 31.5 Å². The van der Waals surface area contributed by atoms with Crippen molar-refractivity contribution in [2.75, 3.05) is 46.2 Å². The van der Waals surface area contributed by atoms with Crippen molar-refractivity contribution in [3.8, 4) is 0 Å². The lowest BCUT2D eigenvalue weighted by atomic mass is 9.93. The van der Waals surface area contributed by atoms with Gasteiger partial charge in [-0.3, -0.25) is 14.4 Å². The highest BCUT2D eigenvalue weighted by molar-refractivity contribution is 5.73. The quantitative estimate of drug-likeness (QED) is 0.0475. The van der Waals surface area contributed by atoms with Gasteiger partial charge in [-0.05, 0) is 0 Å². The van der Waals surface area contributed by atoms with Crippen molar-refractivity contribution in [3.05, 3.63) is 0 Å². The van der Waals surface area contributed by atoms with Crippen LogP contribution in [0.5, 0.6) is 0 Å². The molecule has 0 saturated carbocycles. The summed E-state index contributed by atoms with van der Waals surface area (Å²) < 4.78 is 58.1. The third-order valence-corrected chi connectivity index (χ3v) is 12.1. The Kier molecular flexibility index (Phi) is 21.5. The van der Waals surface area contributed by atoms with Crippen LogP contribution in [0.3, 0.4) is 0 Å². The van der Waals surface area contributed by atoms with E-state index in [2.05, 4.69) is 16.0 Å². The van der Waals surface area contributed by atoms with Gasteiger partial charge in [0.05, 0.1) is 52.3 Å². The maximum atomic E-state index is 12.7. The molecule has 5 aliphatic rings. The molecule has 0 aliphatic carbocycles. The Labute approximate surface area is 391 Å². The molecule has 0 aromatic heterocycles. The number of hydrogen-bond acceptors (Lipinski definition) is 28. The topological polar surface area (TPSA) is 483 Å². The number of aliphatic hydroxyl groups is 15. The maximum absolute atomic E-state index is 12.7. The number of nitrogens with one attached hydrogen (secondary N) is 3. The zero-order valence-electron chi connectivity index (χ0n) is 37.1. The first-order valence-corrected chi connectivity index (χ1v) is 21.8. The molecule has 26 atom stereocenters. The molecule has 0 unspecified atom stereocenters. The molecule has 400 valence electrons. The van der Waals surface area contributed by atoms with E-state index in [1.54, 1.807) is 0 Å². The van der Waals surface area contributed by atoms with Gasteiger partial charge in [0.2, 0.25) is 18.2 Å². The van der Waals surface area contributed by atoms with Crippen LogP contribution in [0.4, 0.5) is 0 Å². The van der Waals surface area contributed by atoms with E-state index >= 15 is 0 Å². The van der Waals surface area contributed by atoms with Crippen molar-refractivity contribution in [3.63, 3.8) is 0 Å². The number of carbonyl (C=O) groups excluding carboxylic acids is 3. The summed E-state index contributed by atoms with van der Waals surface area (Å²) in [4.78, 5) is 35.8. The lowest BCUT2D eigenvalue weighted by Gasteiger charge is -2.51. The molecular formula is C38H65N3O28. The Morgan fingerprint density at radius 1 is 0.464 bits per heavy atom. The van der Waals surface area contributed by atoms with Crippen LogP contribution in [0.1, 0.15) is 13.8 Å². The summed E-state index contributed by atoms with van der Waals surface area (Å²) in [5, 5.41) is 167. The summed E-state index contributed by atoms with van der Waals surface area (Å²) in [6, 6.07) is -4.43. The third kappa shape index (κ3) is 13.2. The van der Waals surface area contributed by atoms with Crippen LogP contribution in [-0.4, -0.2) is 301 Å². The van der Waals surface area contributed by atoms with Crippen LogP contribution in [0.2, 0.25) is 0 Å². The Bertz CT molecular complexity index is 1610. The molecule has 3 amide bonds.